The smallest absolute Gasteiger partial charge is 0.414 e. The van der Waals surface area contributed by atoms with Crippen molar-refractivity contribution in [3.8, 4) is 17.2 Å². The van der Waals surface area contributed by atoms with Crippen molar-refractivity contribution in [2.45, 2.75) is 6.42 Å². The van der Waals surface area contributed by atoms with Gasteiger partial charge in [-0.3, -0.25) is 0 Å². The number of carbonyl (C=O) groups is 2. The van der Waals surface area contributed by atoms with E-state index in [-0.39, 0.29) is 0 Å². The van der Waals surface area contributed by atoms with Crippen molar-refractivity contribution in [3.05, 3.63) is 60.3 Å². The molecule has 8 nitrogen and oxygen atoms in total. The van der Waals surface area contributed by atoms with Gasteiger partial charge < -0.3 is 29.6 Å². The second-order valence-corrected chi connectivity index (χ2v) is 7.04. The summed E-state index contributed by atoms with van der Waals surface area (Å²) >= 11 is 0. The van der Waals surface area contributed by atoms with Gasteiger partial charge in [0.15, 0.2) is 0 Å². The van der Waals surface area contributed by atoms with Crippen molar-refractivity contribution in [2.24, 2.45) is 0 Å². The van der Waals surface area contributed by atoms with Crippen LogP contribution in [-0.2, 0) is 9.59 Å². The molecule has 4 rings (SSSR count). The Balaban J connectivity index is 0.000000401. The minimum Gasteiger partial charge on any atom is -0.497 e. The topological polar surface area (TPSA) is 112 Å². The number of benzene rings is 2. The van der Waals surface area contributed by atoms with E-state index in [0.717, 1.165) is 42.3 Å². The molecule has 31 heavy (non-hydrogen) atoms. The van der Waals surface area contributed by atoms with E-state index in [4.69, 9.17) is 29.3 Å². The van der Waals surface area contributed by atoms with Crippen molar-refractivity contribution < 1.29 is 29.3 Å². The number of methoxy groups -OCH3 is 1. The first-order chi connectivity index (χ1) is 14.9. The van der Waals surface area contributed by atoms with Gasteiger partial charge in [-0.25, -0.2) is 9.59 Å². The molecule has 0 bridgehead atoms. The van der Waals surface area contributed by atoms with Crippen molar-refractivity contribution in [3.63, 3.8) is 0 Å². The number of nitrogens with zero attached hydrogens (tertiary/aromatic N) is 1. The summed E-state index contributed by atoms with van der Waals surface area (Å²) in [7, 11) is 3.82. The second kappa shape index (κ2) is 9.82. The Hall–Kier alpha value is -3.78. The van der Waals surface area contributed by atoms with Gasteiger partial charge in [-0.2, -0.15) is 0 Å². The zero-order valence-corrected chi connectivity index (χ0v) is 17.3. The highest BCUT2D eigenvalue weighted by molar-refractivity contribution is 6.27. The fourth-order valence-corrected chi connectivity index (χ4v) is 3.22. The molecule has 0 radical (unpaired) electrons. The predicted octanol–water partition coefficient (Wildman–Crippen LogP) is 3.84. The Morgan fingerprint density at radius 3 is 2.23 bits per heavy atom. The molecule has 0 aliphatic carbocycles. The monoisotopic (exact) mass is 424 g/mol. The lowest BCUT2D eigenvalue weighted by Gasteiger charge is -2.21. The summed E-state index contributed by atoms with van der Waals surface area (Å²) in [5.74, 6) is -1.18. The molecule has 2 aromatic carbocycles. The largest absolute Gasteiger partial charge is 0.497 e. The summed E-state index contributed by atoms with van der Waals surface area (Å²) in [6.07, 6.45) is 5.51. The number of H-pyrrole nitrogens is 1. The highest BCUT2D eigenvalue weighted by Crippen LogP contribution is 2.33. The molecule has 0 saturated heterocycles. The van der Waals surface area contributed by atoms with Crippen LogP contribution in [0.1, 0.15) is 12.0 Å². The normalized spacial score (nSPS) is 13.7. The van der Waals surface area contributed by atoms with Gasteiger partial charge in [-0.15, -0.1) is 0 Å². The summed E-state index contributed by atoms with van der Waals surface area (Å²) in [6, 6.07) is 13.8. The van der Waals surface area contributed by atoms with Crippen LogP contribution < -0.4 is 9.47 Å². The highest BCUT2D eigenvalue weighted by atomic mass is 16.5. The first-order valence-corrected chi connectivity index (χ1v) is 9.64. The van der Waals surface area contributed by atoms with Gasteiger partial charge in [0.1, 0.15) is 17.2 Å². The molecule has 0 amide bonds. The number of hydrogen-bond acceptors (Lipinski definition) is 5. The quantitative estimate of drug-likeness (QED) is 0.546. The maximum atomic E-state index is 9.10. The molecule has 1 aliphatic rings. The fraction of sp³-hybridized carbons (Fsp3) is 0.217. The van der Waals surface area contributed by atoms with Crippen molar-refractivity contribution >= 4 is 28.4 Å². The van der Waals surface area contributed by atoms with Crippen LogP contribution in [0.25, 0.3) is 16.5 Å². The van der Waals surface area contributed by atoms with E-state index in [1.165, 1.54) is 16.5 Å². The number of aromatic nitrogens is 1. The number of carboxylic acids is 2. The summed E-state index contributed by atoms with van der Waals surface area (Å²) in [5.41, 5.74) is 3.83. The Bertz CT molecular complexity index is 1090. The van der Waals surface area contributed by atoms with Crippen LogP contribution in [0.4, 0.5) is 0 Å². The van der Waals surface area contributed by atoms with Crippen LogP contribution in [0.2, 0.25) is 0 Å². The molecule has 8 heteroatoms. The first kappa shape index (κ1) is 21.9. The van der Waals surface area contributed by atoms with Gasteiger partial charge in [0.25, 0.3) is 0 Å². The molecule has 0 unspecified atom stereocenters. The lowest BCUT2D eigenvalue weighted by Crippen LogP contribution is -2.23. The first-order valence-electron chi connectivity index (χ1n) is 9.64. The summed E-state index contributed by atoms with van der Waals surface area (Å²) < 4.78 is 11.2. The van der Waals surface area contributed by atoms with Crippen molar-refractivity contribution in [2.75, 3.05) is 27.2 Å². The predicted molar refractivity (Wildman–Crippen MR) is 117 cm³/mol. The van der Waals surface area contributed by atoms with E-state index < -0.39 is 11.9 Å². The van der Waals surface area contributed by atoms with Crippen LogP contribution in [0.15, 0.2) is 54.7 Å². The lowest BCUT2D eigenvalue weighted by atomic mass is 9.99. The Morgan fingerprint density at radius 1 is 1.00 bits per heavy atom. The van der Waals surface area contributed by atoms with Gasteiger partial charge in [-0.1, -0.05) is 6.08 Å². The Morgan fingerprint density at radius 2 is 1.65 bits per heavy atom. The molecule has 2 heterocycles. The highest BCUT2D eigenvalue weighted by Gasteiger charge is 2.14. The SMILES string of the molecule is COc1ccc(Oc2ccc3[nH]cc(C4=CCN(C)CC4)c3c2)cc1.O=C(O)C(=O)O. The average Bonchev–Trinajstić information content (AvgIpc) is 3.18. The minimum atomic E-state index is -1.82. The van der Waals surface area contributed by atoms with Crippen molar-refractivity contribution in [1.82, 2.24) is 9.88 Å². The van der Waals surface area contributed by atoms with E-state index in [0.29, 0.717) is 0 Å². The van der Waals surface area contributed by atoms with E-state index >= 15 is 0 Å². The number of aliphatic carboxylic acids is 2. The molecule has 3 aromatic rings. The van der Waals surface area contributed by atoms with Crippen LogP contribution in [0.5, 0.6) is 17.2 Å². The van der Waals surface area contributed by atoms with Gasteiger partial charge >= 0.3 is 11.9 Å². The maximum absolute atomic E-state index is 9.10. The number of nitrogens with one attached hydrogen (secondary N) is 1. The molecule has 1 aliphatic heterocycles. The standard InChI is InChI=1S/C21H22N2O2.C2H2O4/c1-23-11-9-15(10-12-23)20-14-22-21-8-7-18(13-19(20)21)25-17-5-3-16(24-2)4-6-17;3-1(4)2(5)6/h3-9,13-14,22H,10-12H2,1-2H3;(H,3,4)(H,5,6). The number of carboxylic acid groups (broad SMARTS) is 2. The molecule has 3 N–H and O–H groups in total. The average molecular weight is 424 g/mol. The molecular weight excluding hydrogens is 400 g/mol. The van der Waals surface area contributed by atoms with Gasteiger partial charge in [0, 0.05) is 35.8 Å². The second-order valence-electron chi connectivity index (χ2n) is 7.04. The number of likely N-dealkylation sites (N-methyl/N-ethyl adjacent to an activating group) is 1. The van der Waals surface area contributed by atoms with E-state index in [1.54, 1.807) is 7.11 Å². The van der Waals surface area contributed by atoms with E-state index in [9.17, 15) is 0 Å². The van der Waals surface area contributed by atoms with Crippen LogP contribution in [0.3, 0.4) is 0 Å². The zero-order valence-electron chi connectivity index (χ0n) is 17.3. The molecule has 0 fully saturated rings. The van der Waals surface area contributed by atoms with Crippen LogP contribution in [0, 0.1) is 0 Å². The molecule has 1 aromatic heterocycles. The molecule has 0 atom stereocenters. The van der Waals surface area contributed by atoms with Crippen LogP contribution in [-0.4, -0.2) is 59.3 Å². The van der Waals surface area contributed by atoms with Crippen LogP contribution >= 0.6 is 0 Å². The minimum absolute atomic E-state index is 0.802. The number of ether oxygens (including phenoxy) is 2. The number of rotatable bonds is 4. The van der Waals surface area contributed by atoms with Crippen molar-refractivity contribution in [1.29, 1.82) is 0 Å². The lowest BCUT2D eigenvalue weighted by molar-refractivity contribution is -0.159. The fourth-order valence-electron chi connectivity index (χ4n) is 3.22. The summed E-state index contributed by atoms with van der Waals surface area (Å²) in [6.45, 7) is 2.10. The molecular formula is C23H24N2O6. The maximum Gasteiger partial charge on any atom is 0.414 e. The molecule has 162 valence electrons. The van der Waals surface area contributed by atoms with E-state index in [2.05, 4.69) is 41.3 Å². The van der Waals surface area contributed by atoms with Gasteiger partial charge in [0.05, 0.1) is 7.11 Å². The third-order valence-corrected chi connectivity index (χ3v) is 4.89. The Labute approximate surface area is 179 Å². The zero-order chi connectivity index (χ0) is 22.4. The van der Waals surface area contributed by atoms with Gasteiger partial charge in [0.2, 0.25) is 0 Å². The number of hydrogen-bond donors (Lipinski definition) is 3. The van der Waals surface area contributed by atoms with E-state index in [1.807, 2.05) is 30.3 Å². The third kappa shape index (κ3) is 5.64. The summed E-state index contributed by atoms with van der Waals surface area (Å²) in [4.78, 5) is 23.9. The molecule has 0 saturated carbocycles. The van der Waals surface area contributed by atoms with Gasteiger partial charge in [-0.05, 0) is 61.5 Å². The third-order valence-electron chi connectivity index (χ3n) is 4.89. The summed E-state index contributed by atoms with van der Waals surface area (Å²) in [5, 5.41) is 16.0. The Kier molecular flexibility index (Phi) is 6.94. The number of fused-ring (bicyclic) bond motifs is 1. The molecule has 0 spiro atoms. The number of aromatic amines is 1.